The maximum absolute atomic E-state index is 12.7. The van der Waals surface area contributed by atoms with Crippen molar-refractivity contribution >= 4 is 34.6 Å². The number of esters is 1. The zero-order valence-corrected chi connectivity index (χ0v) is 16.4. The molecule has 0 N–H and O–H groups in total. The Labute approximate surface area is 165 Å². The van der Waals surface area contributed by atoms with E-state index < -0.39 is 7.25 Å². The average Bonchev–Trinajstić information content (AvgIpc) is 2.66. The lowest BCUT2D eigenvalue weighted by atomic mass is 9.97. The van der Waals surface area contributed by atoms with Crippen LogP contribution in [0.2, 0.25) is 0 Å². The minimum absolute atomic E-state index is 0.0228. The van der Waals surface area contributed by atoms with E-state index in [9.17, 15) is 22.1 Å². The Morgan fingerprint density at radius 1 is 1.00 bits per heavy atom. The van der Waals surface area contributed by atoms with Crippen LogP contribution >= 0.6 is 0 Å². The number of carbonyl (C=O) groups excluding carboxylic acids is 1. The summed E-state index contributed by atoms with van der Waals surface area (Å²) in [6.07, 6.45) is 0. The quantitative estimate of drug-likeness (QED) is 0.284. The summed E-state index contributed by atoms with van der Waals surface area (Å²) in [6.45, 7) is 4.45. The molecular formula is C20H21BF4O2S. The SMILES string of the molecule is CCOC(=O)C1=C(c2ccccc2)[S+](CC)Cc2ccccc21.F[B-](F)(F)F. The van der Waals surface area contributed by atoms with E-state index in [1.165, 1.54) is 5.56 Å². The van der Waals surface area contributed by atoms with Crippen molar-refractivity contribution < 1.29 is 26.8 Å². The van der Waals surface area contributed by atoms with Gasteiger partial charge in [0.25, 0.3) is 0 Å². The normalized spacial score (nSPS) is 16.0. The first-order chi connectivity index (χ1) is 13.3. The summed E-state index contributed by atoms with van der Waals surface area (Å²) in [5.74, 6) is 1.82. The second kappa shape index (κ2) is 9.82. The van der Waals surface area contributed by atoms with Crippen LogP contribution in [-0.2, 0) is 26.2 Å². The van der Waals surface area contributed by atoms with Gasteiger partial charge in [-0.3, -0.25) is 0 Å². The third-order valence-electron chi connectivity index (χ3n) is 4.00. The molecule has 0 bridgehead atoms. The van der Waals surface area contributed by atoms with Crippen molar-refractivity contribution in [1.82, 2.24) is 0 Å². The standard InChI is InChI=1S/C20H21O2S.BF4/c1-3-22-20(21)18-17-13-9-8-12-16(17)14-23(4-2)19(18)15-10-6-5-7-11-15;2-1(3,4)5/h5-13H,3-4,14H2,1-2H3;/q+1;-1. The lowest BCUT2D eigenvalue weighted by Gasteiger charge is -2.22. The highest BCUT2D eigenvalue weighted by molar-refractivity contribution is 8.05. The van der Waals surface area contributed by atoms with E-state index in [-0.39, 0.29) is 16.9 Å². The largest absolute Gasteiger partial charge is 0.673 e. The minimum Gasteiger partial charge on any atom is -0.462 e. The molecule has 150 valence electrons. The van der Waals surface area contributed by atoms with Gasteiger partial charge in [-0.15, -0.1) is 0 Å². The molecule has 0 saturated heterocycles. The lowest BCUT2D eigenvalue weighted by Crippen LogP contribution is -2.22. The molecule has 1 atom stereocenters. The molecule has 0 aromatic heterocycles. The second-order valence-corrected chi connectivity index (χ2v) is 8.13. The Morgan fingerprint density at radius 2 is 1.57 bits per heavy atom. The molecule has 1 aliphatic heterocycles. The fourth-order valence-corrected chi connectivity index (χ4v) is 5.19. The second-order valence-electron chi connectivity index (χ2n) is 5.87. The molecule has 0 aliphatic carbocycles. The highest BCUT2D eigenvalue weighted by atomic mass is 32.2. The number of hydrogen-bond donors (Lipinski definition) is 0. The number of hydrogen-bond acceptors (Lipinski definition) is 2. The highest BCUT2D eigenvalue weighted by Crippen LogP contribution is 2.41. The Bertz CT molecular complexity index is 832. The van der Waals surface area contributed by atoms with Gasteiger partial charge in [0.05, 0.1) is 6.61 Å². The van der Waals surface area contributed by atoms with Crippen molar-refractivity contribution in [3.8, 4) is 0 Å². The van der Waals surface area contributed by atoms with E-state index >= 15 is 0 Å². The molecule has 2 nitrogen and oxygen atoms in total. The van der Waals surface area contributed by atoms with Gasteiger partial charge in [0, 0.05) is 27.6 Å². The topological polar surface area (TPSA) is 26.3 Å². The molecule has 1 aliphatic rings. The van der Waals surface area contributed by atoms with Crippen molar-refractivity contribution in [3.63, 3.8) is 0 Å². The Kier molecular flexibility index (Phi) is 7.74. The van der Waals surface area contributed by atoms with Crippen molar-refractivity contribution in [2.24, 2.45) is 0 Å². The van der Waals surface area contributed by atoms with Crippen molar-refractivity contribution in [3.05, 3.63) is 71.3 Å². The third-order valence-corrected chi connectivity index (χ3v) is 6.37. The molecule has 0 fully saturated rings. The molecule has 28 heavy (non-hydrogen) atoms. The average molecular weight is 412 g/mol. The number of rotatable bonds is 4. The molecule has 8 heteroatoms. The third kappa shape index (κ3) is 5.89. The summed E-state index contributed by atoms with van der Waals surface area (Å²) < 4.78 is 44.4. The Hall–Kier alpha value is -2.22. The first-order valence-electron chi connectivity index (χ1n) is 8.86. The Balaban J connectivity index is 0.000000500. The zero-order valence-electron chi connectivity index (χ0n) is 15.6. The van der Waals surface area contributed by atoms with Crippen LogP contribution in [0.1, 0.15) is 30.5 Å². The predicted molar refractivity (Wildman–Crippen MR) is 108 cm³/mol. The van der Waals surface area contributed by atoms with Crippen LogP contribution in [0.3, 0.4) is 0 Å². The summed E-state index contributed by atoms with van der Waals surface area (Å²) in [6, 6.07) is 18.5. The van der Waals surface area contributed by atoms with Gasteiger partial charge in [-0.25, -0.2) is 4.79 Å². The number of carbonyl (C=O) groups is 1. The molecule has 0 spiro atoms. The van der Waals surface area contributed by atoms with E-state index in [1.807, 2.05) is 43.3 Å². The molecule has 0 amide bonds. The summed E-state index contributed by atoms with van der Waals surface area (Å²) in [4.78, 5) is 13.9. The van der Waals surface area contributed by atoms with Gasteiger partial charge in [0.15, 0.2) is 4.91 Å². The minimum atomic E-state index is -6.00. The molecule has 2 aromatic carbocycles. The van der Waals surface area contributed by atoms with Gasteiger partial charge >= 0.3 is 13.2 Å². The molecular weight excluding hydrogens is 391 g/mol. The van der Waals surface area contributed by atoms with Crippen molar-refractivity contribution in [2.45, 2.75) is 19.6 Å². The Morgan fingerprint density at radius 3 is 2.14 bits per heavy atom. The monoisotopic (exact) mass is 412 g/mol. The summed E-state index contributed by atoms with van der Waals surface area (Å²) in [5.41, 5.74) is 4.17. The van der Waals surface area contributed by atoms with Crippen LogP contribution < -0.4 is 0 Å². The van der Waals surface area contributed by atoms with Gasteiger partial charge in [0.2, 0.25) is 0 Å². The van der Waals surface area contributed by atoms with E-state index in [0.717, 1.165) is 33.1 Å². The number of halogens is 4. The predicted octanol–water partition coefficient (Wildman–Crippen LogP) is 5.57. The van der Waals surface area contributed by atoms with Crippen LogP contribution in [0.4, 0.5) is 17.3 Å². The number of ether oxygens (including phenoxy) is 1. The van der Waals surface area contributed by atoms with Crippen LogP contribution in [0.15, 0.2) is 54.6 Å². The smallest absolute Gasteiger partial charge is 0.462 e. The fraction of sp³-hybridized carbons (Fsp3) is 0.250. The molecule has 3 rings (SSSR count). The van der Waals surface area contributed by atoms with Crippen LogP contribution in [0, 0.1) is 0 Å². The van der Waals surface area contributed by atoms with E-state index in [2.05, 4.69) is 25.1 Å². The van der Waals surface area contributed by atoms with Crippen molar-refractivity contribution in [1.29, 1.82) is 0 Å². The first kappa shape index (κ1) is 22.1. The number of benzene rings is 2. The molecule has 0 saturated carbocycles. The van der Waals surface area contributed by atoms with Crippen LogP contribution in [0.5, 0.6) is 0 Å². The maximum atomic E-state index is 12.7. The van der Waals surface area contributed by atoms with Gasteiger partial charge < -0.3 is 22.0 Å². The fourth-order valence-electron chi connectivity index (χ4n) is 2.97. The van der Waals surface area contributed by atoms with Gasteiger partial charge in [-0.05, 0) is 26.0 Å². The van der Waals surface area contributed by atoms with Gasteiger partial charge in [0.1, 0.15) is 17.1 Å². The highest BCUT2D eigenvalue weighted by Gasteiger charge is 2.38. The summed E-state index contributed by atoms with van der Waals surface area (Å²) in [5, 5.41) is 0. The van der Waals surface area contributed by atoms with E-state index in [1.54, 1.807) is 0 Å². The number of fused-ring (bicyclic) bond motifs is 1. The van der Waals surface area contributed by atoms with E-state index in [4.69, 9.17) is 4.74 Å². The summed E-state index contributed by atoms with van der Waals surface area (Å²) >= 11 is 0. The van der Waals surface area contributed by atoms with Crippen molar-refractivity contribution in [2.75, 3.05) is 12.4 Å². The van der Waals surface area contributed by atoms with Crippen LogP contribution in [-0.4, -0.2) is 25.6 Å². The van der Waals surface area contributed by atoms with Gasteiger partial charge in [-0.2, -0.15) is 0 Å². The molecule has 1 heterocycles. The molecule has 0 radical (unpaired) electrons. The molecule has 2 aromatic rings. The van der Waals surface area contributed by atoms with Gasteiger partial charge in [-0.1, -0.05) is 42.5 Å². The zero-order chi connectivity index (χ0) is 20.7. The van der Waals surface area contributed by atoms with Crippen LogP contribution in [0.25, 0.3) is 10.5 Å². The maximum Gasteiger partial charge on any atom is 0.673 e. The molecule has 1 unspecified atom stereocenters. The van der Waals surface area contributed by atoms with E-state index in [0.29, 0.717) is 6.61 Å². The lowest BCUT2D eigenvalue weighted by molar-refractivity contribution is -0.136. The summed E-state index contributed by atoms with van der Waals surface area (Å²) in [7, 11) is -5.98. The first-order valence-corrected chi connectivity index (χ1v) is 10.4.